The first kappa shape index (κ1) is 15.8. The Morgan fingerprint density at radius 3 is 3.00 bits per heavy atom. The molecular weight excluding hydrogens is 258 g/mol. The quantitative estimate of drug-likeness (QED) is 0.556. The van der Waals surface area contributed by atoms with E-state index in [1.165, 1.54) is 37.7 Å². The lowest BCUT2D eigenvalue weighted by Gasteiger charge is -2.13. The Labute approximate surface area is 128 Å². The van der Waals surface area contributed by atoms with Crippen molar-refractivity contribution in [1.29, 1.82) is 0 Å². The number of rotatable bonds is 8. The molecule has 2 heteroatoms. The van der Waals surface area contributed by atoms with E-state index in [0.29, 0.717) is 6.61 Å². The van der Waals surface area contributed by atoms with Gasteiger partial charge in [0.2, 0.25) is 0 Å². The Morgan fingerprint density at radius 1 is 1.33 bits per heavy atom. The third-order valence-electron chi connectivity index (χ3n) is 3.72. The zero-order valence-corrected chi connectivity index (χ0v) is 13.2. The largest absolute Gasteiger partial charge is 0.489 e. The molecule has 0 bridgehead atoms. The van der Waals surface area contributed by atoms with Gasteiger partial charge in [0.15, 0.2) is 0 Å². The molecule has 0 fully saturated rings. The summed E-state index contributed by atoms with van der Waals surface area (Å²) in [6.45, 7) is 8.38. The Kier molecular flexibility index (Phi) is 6.55. The molecule has 0 unspecified atom stereocenters. The minimum Gasteiger partial charge on any atom is -0.489 e. The molecule has 0 aromatic heterocycles. The highest BCUT2D eigenvalue weighted by Crippen LogP contribution is 2.19. The van der Waals surface area contributed by atoms with E-state index < -0.39 is 0 Å². The van der Waals surface area contributed by atoms with Crippen LogP contribution in [0.5, 0.6) is 5.75 Å². The number of nitrogens with one attached hydrogen (secondary N) is 1. The summed E-state index contributed by atoms with van der Waals surface area (Å²) in [6.07, 6.45) is 8.92. The molecule has 1 aromatic rings. The van der Waals surface area contributed by atoms with Crippen molar-refractivity contribution in [3.63, 3.8) is 0 Å². The Balaban J connectivity index is 1.71. The third kappa shape index (κ3) is 6.17. The van der Waals surface area contributed by atoms with Gasteiger partial charge in [-0.1, -0.05) is 30.4 Å². The fourth-order valence-electron chi connectivity index (χ4n) is 2.57. The lowest BCUT2D eigenvalue weighted by molar-refractivity contribution is 0.352. The van der Waals surface area contributed by atoms with Gasteiger partial charge in [-0.05, 0) is 68.8 Å². The summed E-state index contributed by atoms with van der Waals surface area (Å²) in [5, 5.41) is 3.53. The van der Waals surface area contributed by atoms with Crippen LogP contribution in [-0.4, -0.2) is 13.2 Å². The van der Waals surface area contributed by atoms with Crippen molar-refractivity contribution in [2.45, 2.75) is 45.6 Å². The number of hydrogen-bond acceptors (Lipinski definition) is 2. The van der Waals surface area contributed by atoms with Gasteiger partial charge in [0.25, 0.3) is 0 Å². The van der Waals surface area contributed by atoms with E-state index in [-0.39, 0.29) is 0 Å². The lowest BCUT2D eigenvalue weighted by Crippen LogP contribution is -2.15. The highest BCUT2D eigenvalue weighted by molar-refractivity contribution is 5.28. The minimum atomic E-state index is 0.588. The molecule has 0 spiro atoms. The van der Waals surface area contributed by atoms with Crippen LogP contribution in [0.3, 0.4) is 0 Å². The second-order valence-electron chi connectivity index (χ2n) is 5.93. The maximum Gasteiger partial charge on any atom is 0.120 e. The highest BCUT2D eigenvalue weighted by atomic mass is 16.5. The van der Waals surface area contributed by atoms with Gasteiger partial charge in [-0.3, -0.25) is 0 Å². The molecule has 1 N–H and O–H groups in total. The summed E-state index contributed by atoms with van der Waals surface area (Å²) in [5.74, 6) is 0.923. The molecule has 1 aromatic carbocycles. The van der Waals surface area contributed by atoms with Crippen LogP contribution < -0.4 is 10.1 Å². The number of allylic oxidation sites excluding steroid dienone is 1. The van der Waals surface area contributed by atoms with Crippen molar-refractivity contribution < 1.29 is 4.74 Å². The van der Waals surface area contributed by atoms with E-state index in [2.05, 4.69) is 36.2 Å². The Bertz CT molecular complexity index is 490. The summed E-state index contributed by atoms with van der Waals surface area (Å²) in [7, 11) is 0. The molecule has 0 radical (unpaired) electrons. The normalized spacial score (nSPS) is 14.6. The van der Waals surface area contributed by atoms with Crippen molar-refractivity contribution in [2.24, 2.45) is 0 Å². The molecule has 21 heavy (non-hydrogen) atoms. The first-order valence-corrected chi connectivity index (χ1v) is 7.99. The molecule has 1 aliphatic rings. The van der Waals surface area contributed by atoms with Crippen LogP contribution in [0.2, 0.25) is 0 Å². The van der Waals surface area contributed by atoms with Gasteiger partial charge in [-0.25, -0.2) is 0 Å². The molecule has 114 valence electrons. The van der Waals surface area contributed by atoms with E-state index in [1.807, 2.05) is 13.0 Å². The zero-order valence-electron chi connectivity index (χ0n) is 13.2. The standard InChI is InChI=1S/C19H27NO/c1-16(2)15-21-19-10-6-9-18(13-19)14-20-12-11-17-7-4-3-5-8-17/h6-7,9-10,13,20H,1,3-5,8,11-12,14-15H2,2H3. The summed E-state index contributed by atoms with van der Waals surface area (Å²) < 4.78 is 5.67. The van der Waals surface area contributed by atoms with Crippen LogP contribution in [0, 0.1) is 0 Å². The average Bonchev–Trinajstić information content (AvgIpc) is 2.51. The van der Waals surface area contributed by atoms with Crippen molar-refractivity contribution in [1.82, 2.24) is 5.32 Å². The van der Waals surface area contributed by atoms with Gasteiger partial charge < -0.3 is 10.1 Å². The van der Waals surface area contributed by atoms with Gasteiger partial charge in [-0.15, -0.1) is 0 Å². The van der Waals surface area contributed by atoms with Gasteiger partial charge in [0.1, 0.15) is 12.4 Å². The maximum atomic E-state index is 5.67. The SMILES string of the molecule is C=C(C)COc1cccc(CNCCC2=CCCCC2)c1. The minimum absolute atomic E-state index is 0.588. The van der Waals surface area contributed by atoms with E-state index in [1.54, 1.807) is 5.57 Å². The third-order valence-corrected chi connectivity index (χ3v) is 3.72. The predicted octanol–water partition coefficient (Wildman–Crippen LogP) is 4.62. The molecule has 0 saturated heterocycles. The van der Waals surface area contributed by atoms with Crippen LogP contribution in [-0.2, 0) is 6.54 Å². The summed E-state index contributed by atoms with van der Waals surface area (Å²) in [6, 6.07) is 8.30. The Hall–Kier alpha value is -1.54. The van der Waals surface area contributed by atoms with Gasteiger partial charge in [0, 0.05) is 6.54 Å². The fraction of sp³-hybridized carbons (Fsp3) is 0.474. The molecule has 1 aliphatic carbocycles. The van der Waals surface area contributed by atoms with Crippen molar-refractivity contribution >= 4 is 0 Å². The number of benzene rings is 1. The number of hydrogen-bond donors (Lipinski definition) is 1. The predicted molar refractivity (Wildman–Crippen MR) is 89.6 cm³/mol. The molecule has 0 saturated carbocycles. The van der Waals surface area contributed by atoms with Crippen LogP contribution in [0.15, 0.2) is 48.1 Å². The first-order chi connectivity index (χ1) is 10.2. The van der Waals surface area contributed by atoms with Crippen molar-refractivity contribution in [3.8, 4) is 5.75 Å². The monoisotopic (exact) mass is 285 g/mol. The van der Waals surface area contributed by atoms with E-state index in [0.717, 1.165) is 24.4 Å². The second kappa shape index (κ2) is 8.68. The van der Waals surface area contributed by atoms with Crippen LogP contribution in [0.1, 0.15) is 44.6 Å². The molecule has 0 heterocycles. The topological polar surface area (TPSA) is 21.3 Å². The van der Waals surface area contributed by atoms with Crippen LogP contribution >= 0.6 is 0 Å². The highest BCUT2D eigenvalue weighted by Gasteiger charge is 2.03. The van der Waals surface area contributed by atoms with Gasteiger partial charge >= 0.3 is 0 Å². The average molecular weight is 285 g/mol. The van der Waals surface area contributed by atoms with Gasteiger partial charge in [-0.2, -0.15) is 0 Å². The smallest absolute Gasteiger partial charge is 0.120 e. The second-order valence-corrected chi connectivity index (χ2v) is 5.93. The fourth-order valence-corrected chi connectivity index (χ4v) is 2.57. The molecule has 2 nitrogen and oxygen atoms in total. The molecule has 0 amide bonds. The van der Waals surface area contributed by atoms with Crippen molar-refractivity contribution in [2.75, 3.05) is 13.2 Å². The summed E-state index contributed by atoms with van der Waals surface area (Å²) in [4.78, 5) is 0. The maximum absolute atomic E-state index is 5.67. The van der Waals surface area contributed by atoms with Gasteiger partial charge in [0.05, 0.1) is 0 Å². The van der Waals surface area contributed by atoms with E-state index >= 15 is 0 Å². The van der Waals surface area contributed by atoms with Crippen molar-refractivity contribution in [3.05, 3.63) is 53.6 Å². The summed E-state index contributed by atoms with van der Waals surface area (Å²) >= 11 is 0. The first-order valence-electron chi connectivity index (χ1n) is 7.99. The number of ether oxygens (including phenoxy) is 1. The van der Waals surface area contributed by atoms with E-state index in [9.17, 15) is 0 Å². The van der Waals surface area contributed by atoms with E-state index in [4.69, 9.17) is 4.74 Å². The molecule has 0 aliphatic heterocycles. The lowest BCUT2D eigenvalue weighted by atomic mass is 9.97. The molecule has 2 rings (SSSR count). The van der Waals surface area contributed by atoms with Crippen LogP contribution in [0.25, 0.3) is 0 Å². The van der Waals surface area contributed by atoms with Crippen LogP contribution in [0.4, 0.5) is 0 Å². The molecule has 0 atom stereocenters. The Morgan fingerprint density at radius 2 is 2.24 bits per heavy atom. The zero-order chi connectivity index (χ0) is 14.9. The summed E-state index contributed by atoms with van der Waals surface area (Å²) in [5.41, 5.74) is 3.94. The molecular formula is C19H27NO.